The number of aryl methyl sites for hydroxylation is 1. The van der Waals surface area contributed by atoms with Gasteiger partial charge in [-0.25, -0.2) is 0 Å². The van der Waals surface area contributed by atoms with Gasteiger partial charge in [-0.3, -0.25) is 19.3 Å². The number of likely N-dealkylation sites (N-methyl/N-ethyl adjacent to an activating group) is 1. The summed E-state index contributed by atoms with van der Waals surface area (Å²) in [6, 6.07) is 12.2. The van der Waals surface area contributed by atoms with Gasteiger partial charge in [-0.2, -0.15) is 0 Å². The molecule has 3 heterocycles. The standard InChI is InChI=1S/C31H35N3O6/c1-4-17-40-25-12-11-22(20-21(25)3)27(35)26-28(36)29(37)34(14-8-13-32-15-18-39-19-16-32)31(26)23-9-6-7-10-24(23)33(5-2)30(31)38/h4,6-7,9-12,20,35H,1,5,8,13-19H2,2-3H3/t31-/m0/s1. The second-order valence-electron chi connectivity index (χ2n) is 10.2. The molecule has 0 aromatic heterocycles. The number of ketones is 1. The van der Waals surface area contributed by atoms with Crippen LogP contribution in [0.1, 0.15) is 30.0 Å². The molecule has 40 heavy (non-hydrogen) atoms. The van der Waals surface area contributed by atoms with Gasteiger partial charge >= 0.3 is 0 Å². The lowest BCUT2D eigenvalue weighted by Gasteiger charge is -2.35. The lowest BCUT2D eigenvalue weighted by Crippen LogP contribution is -2.52. The number of morpholine rings is 1. The van der Waals surface area contributed by atoms with Crippen LogP contribution in [-0.2, 0) is 24.7 Å². The third-order valence-corrected chi connectivity index (χ3v) is 7.89. The predicted molar refractivity (Wildman–Crippen MR) is 151 cm³/mol. The number of hydrogen-bond donors (Lipinski definition) is 1. The van der Waals surface area contributed by atoms with Gasteiger partial charge in [0.05, 0.1) is 24.5 Å². The molecule has 2 amide bonds. The molecule has 1 atom stereocenters. The number of benzene rings is 2. The molecule has 0 unspecified atom stereocenters. The van der Waals surface area contributed by atoms with Crippen molar-refractivity contribution in [2.24, 2.45) is 0 Å². The van der Waals surface area contributed by atoms with Gasteiger partial charge in [-0.1, -0.05) is 30.9 Å². The Morgan fingerprint density at radius 1 is 1.12 bits per heavy atom. The number of aliphatic hydroxyl groups is 1. The van der Waals surface area contributed by atoms with Gasteiger partial charge in [0, 0.05) is 43.9 Å². The summed E-state index contributed by atoms with van der Waals surface area (Å²) in [5.74, 6) is -1.84. The number of likely N-dealkylation sites (tertiary alicyclic amines) is 1. The Labute approximate surface area is 234 Å². The number of para-hydroxylation sites is 1. The molecule has 2 fully saturated rings. The number of hydrogen-bond acceptors (Lipinski definition) is 7. The minimum absolute atomic E-state index is 0.184. The Bertz CT molecular complexity index is 1380. The number of carbonyl (C=O) groups excluding carboxylic acids is 3. The molecule has 3 aliphatic rings. The highest BCUT2D eigenvalue weighted by atomic mass is 16.5. The first-order chi connectivity index (χ1) is 19.4. The van der Waals surface area contributed by atoms with Crippen LogP contribution in [0.5, 0.6) is 5.75 Å². The van der Waals surface area contributed by atoms with Crippen LogP contribution >= 0.6 is 0 Å². The van der Waals surface area contributed by atoms with Crippen molar-refractivity contribution in [2.75, 3.05) is 57.4 Å². The zero-order valence-electron chi connectivity index (χ0n) is 23.0. The van der Waals surface area contributed by atoms with E-state index < -0.39 is 23.1 Å². The molecular weight excluding hydrogens is 510 g/mol. The quantitative estimate of drug-likeness (QED) is 0.224. The van der Waals surface area contributed by atoms with E-state index in [9.17, 15) is 19.5 Å². The number of nitrogens with zero attached hydrogens (tertiary/aromatic N) is 3. The topological polar surface area (TPSA) is 99.6 Å². The first-order valence-corrected chi connectivity index (χ1v) is 13.7. The van der Waals surface area contributed by atoms with E-state index in [1.807, 2.05) is 26.0 Å². The van der Waals surface area contributed by atoms with E-state index in [1.165, 1.54) is 4.90 Å². The third kappa shape index (κ3) is 4.39. The van der Waals surface area contributed by atoms with Crippen LogP contribution in [0.15, 0.2) is 60.7 Å². The highest BCUT2D eigenvalue weighted by molar-refractivity contribution is 6.50. The lowest BCUT2D eigenvalue weighted by molar-refractivity contribution is -0.143. The minimum Gasteiger partial charge on any atom is -0.507 e. The van der Waals surface area contributed by atoms with Gasteiger partial charge in [-0.05, 0) is 50.1 Å². The zero-order valence-corrected chi connectivity index (χ0v) is 23.0. The third-order valence-electron chi connectivity index (χ3n) is 7.89. The summed E-state index contributed by atoms with van der Waals surface area (Å²) in [4.78, 5) is 47.0. The lowest BCUT2D eigenvalue weighted by atomic mass is 9.81. The van der Waals surface area contributed by atoms with Gasteiger partial charge in [0.2, 0.25) is 0 Å². The predicted octanol–water partition coefficient (Wildman–Crippen LogP) is 3.22. The number of rotatable bonds is 9. The van der Waals surface area contributed by atoms with Crippen LogP contribution in [0, 0.1) is 6.92 Å². The monoisotopic (exact) mass is 545 g/mol. The van der Waals surface area contributed by atoms with E-state index in [4.69, 9.17) is 9.47 Å². The van der Waals surface area contributed by atoms with Crippen LogP contribution in [0.25, 0.3) is 5.76 Å². The van der Waals surface area contributed by atoms with Crippen LogP contribution in [0.3, 0.4) is 0 Å². The molecule has 0 bridgehead atoms. The number of fused-ring (bicyclic) bond motifs is 2. The molecule has 210 valence electrons. The van der Waals surface area contributed by atoms with Crippen molar-refractivity contribution in [3.05, 3.63) is 77.4 Å². The molecule has 9 heteroatoms. The summed E-state index contributed by atoms with van der Waals surface area (Å²) in [5.41, 5.74) is 0.266. The van der Waals surface area contributed by atoms with E-state index in [0.717, 1.165) is 18.7 Å². The van der Waals surface area contributed by atoms with E-state index >= 15 is 0 Å². The summed E-state index contributed by atoms with van der Waals surface area (Å²) in [7, 11) is 0. The Morgan fingerprint density at radius 3 is 2.58 bits per heavy atom. The molecule has 0 aliphatic carbocycles. The summed E-state index contributed by atoms with van der Waals surface area (Å²) in [6.07, 6.45) is 2.19. The van der Waals surface area contributed by atoms with E-state index in [-0.39, 0.29) is 17.9 Å². The summed E-state index contributed by atoms with van der Waals surface area (Å²) in [6.45, 7) is 11.8. The van der Waals surface area contributed by atoms with Gasteiger partial charge in [0.1, 0.15) is 18.1 Å². The molecule has 2 aromatic carbocycles. The maximum atomic E-state index is 14.3. The van der Waals surface area contributed by atoms with E-state index in [2.05, 4.69) is 11.5 Å². The second-order valence-corrected chi connectivity index (χ2v) is 10.2. The minimum atomic E-state index is -1.75. The Balaban J connectivity index is 1.63. The Kier molecular flexibility index (Phi) is 7.78. The fourth-order valence-electron chi connectivity index (χ4n) is 6.01. The van der Waals surface area contributed by atoms with Crippen LogP contribution in [0.4, 0.5) is 5.69 Å². The molecule has 0 saturated carbocycles. The normalized spacial score (nSPS) is 22.3. The van der Waals surface area contributed by atoms with Crippen molar-refractivity contribution in [2.45, 2.75) is 25.8 Å². The van der Waals surface area contributed by atoms with Crippen LogP contribution in [-0.4, -0.2) is 85.0 Å². The molecule has 2 saturated heterocycles. The number of ether oxygens (including phenoxy) is 2. The molecule has 5 rings (SSSR count). The average molecular weight is 546 g/mol. The summed E-state index contributed by atoms with van der Waals surface area (Å²) < 4.78 is 11.1. The molecule has 9 nitrogen and oxygen atoms in total. The van der Waals surface area contributed by atoms with Gasteiger partial charge in [-0.15, -0.1) is 0 Å². The largest absolute Gasteiger partial charge is 0.507 e. The molecular formula is C31H35N3O6. The number of anilines is 1. The van der Waals surface area contributed by atoms with Crippen molar-refractivity contribution in [3.63, 3.8) is 0 Å². The molecule has 1 N–H and O–H groups in total. The Hall–Kier alpha value is -3.95. The Morgan fingerprint density at radius 2 is 1.88 bits per heavy atom. The average Bonchev–Trinajstić information content (AvgIpc) is 3.35. The fourth-order valence-corrected chi connectivity index (χ4v) is 6.01. The van der Waals surface area contributed by atoms with Gasteiger partial charge in [0.15, 0.2) is 5.54 Å². The zero-order chi connectivity index (χ0) is 28.4. The van der Waals surface area contributed by atoms with Crippen molar-refractivity contribution >= 4 is 29.0 Å². The maximum Gasteiger partial charge on any atom is 0.296 e. The number of carbonyl (C=O) groups is 3. The van der Waals surface area contributed by atoms with Crippen molar-refractivity contribution in [1.82, 2.24) is 9.80 Å². The van der Waals surface area contributed by atoms with Gasteiger partial charge in [0.25, 0.3) is 17.6 Å². The summed E-state index contributed by atoms with van der Waals surface area (Å²) >= 11 is 0. The smallest absolute Gasteiger partial charge is 0.296 e. The van der Waals surface area contributed by atoms with Gasteiger partial charge < -0.3 is 24.4 Å². The number of Topliss-reactive ketones (excluding diaryl/α,β-unsaturated/α-hetero) is 1. The molecule has 1 spiro atoms. The van der Waals surface area contributed by atoms with Crippen molar-refractivity contribution in [1.29, 1.82) is 0 Å². The highest BCUT2D eigenvalue weighted by Gasteiger charge is 2.66. The number of aliphatic hydroxyl groups excluding tert-OH is 1. The highest BCUT2D eigenvalue weighted by Crippen LogP contribution is 2.53. The second kappa shape index (κ2) is 11.3. The van der Waals surface area contributed by atoms with Crippen molar-refractivity contribution < 1.29 is 29.0 Å². The van der Waals surface area contributed by atoms with E-state index in [0.29, 0.717) is 61.9 Å². The number of amides is 2. The fraction of sp³-hybridized carbons (Fsp3) is 0.387. The van der Waals surface area contributed by atoms with Crippen LogP contribution < -0.4 is 9.64 Å². The first-order valence-electron chi connectivity index (χ1n) is 13.7. The SMILES string of the molecule is C=CCOc1ccc(C(O)=C2C(=O)C(=O)N(CCCN3CCOCC3)[C@]23C(=O)N(CC)c2ccccc23)cc1C. The first kappa shape index (κ1) is 27.6. The maximum absolute atomic E-state index is 14.3. The molecule has 3 aliphatic heterocycles. The molecule has 0 radical (unpaired) electrons. The van der Waals surface area contributed by atoms with Crippen molar-refractivity contribution in [3.8, 4) is 5.75 Å². The summed E-state index contributed by atoms with van der Waals surface area (Å²) in [5, 5.41) is 11.7. The van der Waals surface area contributed by atoms with Crippen LogP contribution in [0.2, 0.25) is 0 Å². The van der Waals surface area contributed by atoms with E-state index in [1.54, 1.807) is 41.3 Å². The molecule has 2 aromatic rings.